The zero-order valence-corrected chi connectivity index (χ0v) is 13.9. The van der Waals surface area contributed by atoms with Crippen molar-refractivity contribution in [1.29, 1.82) is 0 Å². The van der Waals surface area contributed by atoms with Crippen molar-refractivity contribution < 1.29 is 14.1 Å². The van der Waals surface area contributed by atoms with Gasteiger partial charge in [0.1, 0.15) is 0 Å². The summed E-state index contributed by atoms with van der Waals surface area (Å²) in [5, 5.41) is 6.80. The lowest BCUT2D eigenvalue weighted by Gasteiger charge is -2.30. The van der Waals surface area contributed by atoms with Crippen molar-refractivity contribution in [1.82, 2.24) is 20.4 Å². The predicted octanol–water partition coefficient (Wildman–Crippen LogP) is 1.19. The van der Waals surface area contributed by atoms with E-state index in [9.17, 15) is 9.59 Å². The first-order valence-electron chi connectivity index (χ1n) is 8.33. The van der Waals surface area contributed by atoms with Crippen LogP contribution in [0, 0.1) is 5.92 Å². The molecule has 0 bridgehead atoms. The number of primary amides is 1. The normalized spacial score (nSPS) is 17.3. The van der Waals surface area contributed by atoms with Crippen LogP contribution in [0.5, 0.6) is 0 Å². The molecule has 25 heavy (non-hydrogen) atoms. The monoisotopic (exact) mass is 343 g/mol. The topological polar surface area (TPSA) is 114 Å². The predicted molar refractivity (Wildman–Crippen MR) is 90.3 cm³/mol. The standard InChI is InChI=1S/C17H21N5O3/c18-17(24)22-10-4-7-13(11-22)15(23)19-9-8-14-20-16(25-21-14)12-5-2-1-3-6-12/h1-3,5-6,13H,4,7-11H2,(H2,18,24)(H,19,23)/t13-/m0/s1. The highest BCUT2D eigenvalue weighted by atomic mass is 16.5. The van der Waals surface area contributed by atoms with Crippen LogP contribution < -0.4 is 11.1 Å². The van der Waals surface area contributed by atoms with Crippen LogP contribution in [0.4, 0.5) is 4.79 Å². The number of carbonyl (C=O) groups is 2. The molecule has 1 aliphatic rings. The molecule has 1 fully saturated rings. The number of hydrogen-bond acceptors (Lipinski definition) is 5. The smallest absolute Gasteiger partial charge is 0.314 e. The molecule has 132 valence electrons. The zero-order valence-electron chi connectivity index (χ0n) is 13.9. The molecule has 8 nitrogen and oxygen atoms in total. The molecule has 8 heteroatoms. The van der Waals surface area contributed by atoms with E-state index in [1.54, 1.807) is 0 Å². The Balaban J connectivity index is 1.47. The molecule has 1 aromatic carbocycles. The number of rotatable bonds is 5. The number of amides is 3. The van der Waals surface area contributed by atoms with E-state index >= 15 is 0 Å². The maximum atomic E-state index is 12.2. The number of carbonyl (C=O) groups excluding carboxylic acids is 2. The van der Waals surface area contributed by atoms with Crippen LogP contribution in [-0.4, -0.2) is 46.6 Å². The number of piperidine rings is 1. The Kier molecular flexibility index (Phi) is 5.27. The maximum Gasteiger partial charge on any atom is 0.314 e. The van der Waals surface area contributed by atoms with Crippen LogP contribution in [0.25, 0.3) is 11.5 Å². The highest BCUT2D eigenvalue weighted by Crippen LogP contribution is 2.17. The number of aromatic nitrogens is 2. The third-order valence-electron chi connectivity index (χ3n) is 4.24. The van der Waals surface area contributed by atoms with Gasteiger partial charge in [-0.05, 0) is 25.0 Å². The molecule has 2 heterocycles. The van der Waals surface area contributed by atoms with Crippen LogP contribution in [0.1, 0.15) is 18.7 Å². The van der Waals surface area contributed by atoms with Crippen molar-refractivity contribution in [3.8, 4) is 11.5 Å². The first-order chi connectivity index (χ1) is 12.1. The Hall–Kier alpha value is -2.90. The summed E-state index contributed by atoms with van der Waals surface area (Å²) < 4.78 is 5.23. The van der Waals surface area contributed by atoms with Gasteiger partial charge in [0.2, 0.25) is 5.91 Å². The highest BCUT2D eigenvalue weighted by molar-refractivity contribution is 5.80. The molecule has 2 aromatic rings. The number of urea groups is 1. The molecular formula is C17H21N5O3. The molecule has 0 radical (unpaired) electrons. The highest BCUT2D eigenvalue weighted by Gasteiger charge is 2.27. The lowest BCUT2D eigenvalue weighted by molar-refractivity contribution is -0.126. The van der Waals surface area contributed by atoms with E-state index in [1.807, 2.05) is 30.3 Å². The minimum absolute atomic E-state index is 0.0715. The van der Waals surface area contributed by atoms with Gasteiger partial charge in [-0.3, -0.25) is 4.79 Å². The fourth-order valence-corrected chi connectivity index (χ4v) is 2.89. The van der Waals surface area contributed by atoms with Gasteiger partial charge in [-0.15, -0.1) is 0 Å². The molecule has 0 saturated carbocycles. The third-order valence-corrected chi connectivity index (χ3v) is 4.24. The molecule has 3 N–H and O–H groups in total. The first kappa shape index (κ1) is 16.9. The van der Waals surface area contributed by atoms with E-state index in [0.717, 1.165) is 18.4 Å². The minimum atomic E-state index is -0.474. The van der Waals surface area contributed by atoms with E-state index in [2.05, 4.69) is 15.5 Å². The van der Waals surface area contributed by atoms with Crippen molar-refractivity contribution in [2.45, 2.75) is 19.3 Å². The lowest BCUT2D eigenvalue weighted by atomic mass is 9.97. The fourth-order valence-electron chi connectivity index (χ4n) is 2.89. The molecule has 0 unspecified atom stereocenters. The van der Waals surface area contributed by atoms with Gasteiger partial charge in [-0.1, -0.05) is 23.4 Å². The molecule has 3 rings (SSSR count). The van der Waals surface area contributed by atoms with Crippen molar-refractivity contribution in [2.75, 3.05) is 19.6 Å². The summed E-state index contributed by atoms with van der Waals surface area (Å²) in [5.74, 6) is 0.719. The van der Waals surface area contributed by atoms with Gasteiger partial charge in [0, 0.05) is 31.6 Å². The average Bonchev–Trinajstić information content (AvgIpc) is 3.11. The van der Waals surface area contributed by atoms with Crippen molar-refractivity contribution in [3.63, 3.8) is 0 Å². The Labute approximate surface area is 145 Å². The van der Waals surface area contributed by atoms with Crippen LogP contribution in [0.3, 0.4) is 0 Å². The lowest BCUT2D eigenvalue weighted by Crippen LogP contribution is -2.47. The number of benzene rings is 1. The third kappa shape index (κ3) is 4.34. The second kappa shape index (κ2) is 7.78. The largest absolute Gasteiger partial charge is 0.355 e. The van der Waals surface area contributed by atoms with Gasteiger partial charge in [0.05, 0.1) is 5.92 Å². The van der Waals surface area contributed by atoms with Gasteiger partial charge < -0.3 is 20.5 Å². The average molecular weight is 343 g/mol. The number of hydrogen-bond donors (Lipinski definition) is 2. The van der Waals surface area contributed by atoms with Crippen LogP contribution in [0.2, 0.25) is 0 Å². The van der Waals surface area contributed by atoms with Gasteiger partial charge in [0.15, 0.2) is 5.82 Å². The van der Waals surface area contributed by atoms with Gasteiger partial charge in [-0.2, -0.15) is 4.98 Å². The van der Waals surface area contributed by atoms with Crippen LogP contribution in [-0.2, 0) is 11.2 Å². The second-order valence-corrected chi connectivity index (χ2v) is 6.05. The minimum Gasteiger partial charge on any atom is -0.355 e. The summed E-state index contributed by atoms with van der Waals surface area (Å²) in [6, 6.07) is 9.04. The van der Waals surface area contributed by atoms with Gasteiger partial charge in [0.25, 0.3) is 5.89 Å². The molecular weight excluding hydrogens is 322 g/mol. The summed E-state index contributed by atoms with van der Waals surface area (Å²) in [4.78, 5) is 29.3. The van der Waals surface area contributed by atoms with Crippen LogP contribution in [0.15, 0.2) is 34.9 Å². The molecule has 3 amide bonds. The van der Waals surface area contributed by atoms with Gasteiger partial charge >= 0.3 is 6.03 Å². The zero-order chi connectivity index (χ0) is 17.6. The van der Waals surface area contributed by atoms with Gasteiger partial charge in [-0.25, -0.2) is 4.79 Å². The first-order valence-corrected chi connectivity index (χ1v) is 8.33. The van der Waals surface area contributed by atoms with Crippen molar-refractivity contribution in [3.05, 3.63) is 36.2 Å². The number of nitrogens with one attached hydrogen (secondary N) is 1. The maximum absolute atomic E-state index is 12.2. The number of likely N-dealkylation sites (tertiary alicyclic amines) is 1. The summed E-state index contributed by atoms with van der Waals surface area (Å²) in [5.41, 5.74) is 6.14. The Morgan fingerprint density at radius 1 is 1.32 bits per heavy atom. The Morgan fingerprint density at radius 2 is 2.12 bits per heavy atom. The van der Waals surface area contributed by atoms with E-state index in [0.29, 0.717) is 37.8 Å². The summed E-state index contributed by atoms with van der Waals surface area (Å²) in [7, 11) is 0. The molecule has 1 aliphatic heterocycles. The fraction of sp³-hybridized carbons (Fsp3) is 0.412. The second-order valence-electron chi connectivity index (χ2n) is 6.05. The molecule has 1 aromatic heterocycles. The van der Waals surface area contributed by atoms with E-state index < -0.39 is 6.03 Å². The van der Waals surface area contributed by atoms with E-state index in [4.69, 9.17) is 10.3 Å². The Morgan fingerprint density at radius 3 is 2.88 bits per heavy atom. The summed E-state index contributed by atoms with van der Waals surface area (Å²) in [6.07, 6.45) is 2.02. The van der Waals surface area contributed by atoms with Crippen molar-refractivity contribution in [2.24, 2.45) is 11.7 Å². The molecule has 1 saturated heterocycles. The molecule has 0 spiro atoms. The van der Waals surface area contributed by atoms with E-state index in [1.165, 1.54) is 4.90 Å². The summed E-state index contributed by atoms with van der Waals surface area (Å²) in [6.45, 7) is 1.41. The van der Waals surface area contributed by atoms with Crippen molar-refractivity contribution >= 4 is 11.9 Å². The Bertz CT molecular complexity index is 731. The quantitative estimate of drug-likeness (QED) is 0.846. The SMILES string of the molecule is NC(=O)N1CCC[C@H](C(=O)NCCc2noc(-c3ccccc3)n2)C1. The van der Waals surface area contributed by atoms with Crippen LogP contribution >= 0.6 is 0 Å². The number of nitrogens with two attached hydrogens (primary N) is 1. The summed E-state index contributed by atoms with van der Waals surface area (Å²) >= 11 is 0. The molecule has 1 atom stereocenters. The van der Waals surface area contributed by atoms with E-state index in [-0.39, 0.29) is 11.8 Å². The molecule has 0 aliphatic carbocycles. The number of nitrogens with zero attached hydrogens (tertiary/aromatic N) is 3.